The lowest BCUT2D eigenvalue weighted by molar-refractivity contribution is -0.116. The molecule has 0 spiro atoms. The van der Waals surface area contributed by atoms with Gasteiger partial charge in [0, 0.05) is 25.1 Å². The highest BCUT2D eigenvalue weighted by atomic mass is 16.4. The third-order valence-electron chi connectivity index (χ3n) is 4.49. The third-order valence-corrected chi connectivity index (χ3v) is 4.49. The Kier molecular flexibility index (Phi) is 4.89. The summed E-state index contributed by atoms with van der Waals surface area (Å²) >= 11 is 0. The lowest BCUT2D eigenvalue weighted by Crippen LogP contribution is -2.12. The zero-order chi connectivity index (χ0) is 19.5. The van der Waals surface area contributed by atoms with E-state index in [1.54, 1.807) is 0 Å². The van der Waals surface area contributed by atoms with Crippen molar-refractivity contribution in [2.75, 3.05) is 5.32 Å². The van der Waals surface area contributed by atoms with E-state index in [0.29, 0.717) is 18.2 Å². The number of aromatic nitrogens is 4. The lowest BCUT2D eigenvalue weighted by atomic mass is 10.1. The number of nitrogens with zero attached hydrogens (tertiary/aromatic N) is 4. The summed E-state index contributed by atoms with van der Waals surface area (Å²) in [7, 11) is 0. The fraction of sp³-hybridized carbons (Fsp3) is 0.238. The van der Waals surface area contributed by atoms with Gasteiger partial charge in [-0.15, -0.1) is 10.2 Å². The van der Waals surface area contributed by atoms with Crippen LogP contribution in [0.15, 0.2) is 52.9 Å². The third kappa shape index (κ3) is 3.78. The van der Waals surface area contributed by atoms with Crippen LogP contribution in [-0.4, -0.2) is 25.9 Å². The number of rotatable bonds is 6. The van der Waals surface area contributed by atoms with Crippen molar-refractivity contribution in [3.63, 3.8) is 0 Å². The van der Waals surface area contributed by atoms with Gasteiger partial charge in [-0.1, -0.05) is 30.3 Å². The van der Waals surface area contributed by atoms with Gasteiger partial charge in [0.1, 0.15) is 5.69 Å². The van der Waals surface area contributed by atoms with Gasteiger partial charge < -0.3 is 9.73 Å². The number of aryl methyl sites for hydroxylation is 3. The molecule has 0 aliphatic carbocycles. The van der Waals surface area contributed by atoms with Crippen molar-refractivity contribution in [2.45, 2.75) is 33.2 Å². The van der Waals surface area contributed by atoms with Crippen LogP contribution >= 0.6 is 0 Å². The molecule has 7 heteroatoms. The average Bonchev–Trinajstić information content (AvgIpc) is 3.32. The van der Waals surface area contributed by atoms with Gasteiger partial charge in [0.15, 0.2) is 0 Å². The molecule has 0 atom stereocenters. The summed E-state index contributed by atoms with van der Waals surface area (Å²) in [5.41, 5.74) is 2.46. The van der Waals surface area contributed by atoms with E-state index in [-0.39, 0.29) is 12.3 Å². The van der Waals surface area contributed by atoms with Crippen LogP contribution in [-0.2, 0) is 17.8 Å². The Morgan fingerprint density at radius 2 is 1.93 bits per heavy atom. The summed E-state index contributed by atoms with van der Waals surface area (Å²) < 4.78 is 7.54. The van der Waals surface area contributed by atoms with Crippen LogP contribution in [0.5, 0.6) is 0 Å². The Labute approximate surface area is 162 Å². The number of hydrogen-bond donors (Lipinski definition) is 1. The van der Waals surface area contributed by atoms with Gasteiger partial charge in [-0.25, -0.2) is 0 Å². The molecule has 0 aliphatic rings. The first kappa shape index (κ1) is 17.9. The monoisotopic (exact) mass is 375 g/mol. The molecule has 4 aromatic rings. The summed E-state index contributed by atoms with van der Waals surface area (Å²) in [5, 5.41) is 17.7. The first-order valence-electron chi connectivity index (χ1n) is 9.28. The summed E-state index contributed by atoms with van der Waals surface area (Å²) in [6, 6.07) is 15.8. The normalized spacial score (nSPS) is 11.1. The average molecular weight is 375 g/mol. The standard InChI is InChI=1S/C21H21N5O2/c1-3-26-18(12-14(2)25-26)21-24-23-20(28-21)11-10-19(27)22-17-9-8-15-6-4-5-7-16(15)13-17/h4-9,12-13H,3,10-11H2,1-2H3,(H,22,27). The minimum absolute atomic E-state index is 0.0931. The molecule has 142 valence electrons. The van der Waals surface area contributed by atoms with Crippen LogP contribution in [0.3, 0.4) is 0 Å². The van der Waals surface area contributed by atoms with Crippen molar-refractivity contribution in [2.24, 2.45) is 0 Å². The van der Waals surface area contributed by atoms with Crippen molar-refractivity contribution in [1.29, 1.82) is 0 Å². The number of nitrogens with one attached hydrogen (secondary N) is 1. The van der Waals surface area contributed by atoms with Gasteiger partial charge in [-0.2, -0.15) is 5.10 Å². The largest absolute Gasteiger partial charge is 0.419 e. The van der Waals surface area contributed by atoms with E-state index in [9.17, 15) is 4.79 Å². The van der Waals surface area contributed by atoms with E-state index in [0.717, 1.165) is 34.4 Å². The van der Waals surface area contributed by atoms with E-state index < -0.39 is 0 Å². The van der Waals surface area contributed by atoms with Crippen molar-refractivity contribution < 1.29 is 9.21 Å². The number of carbonyl (C=O) groups is 1. The molecule has 0 saturated heterocycles. The van der Waals surface area contributed by atoms with Crippen molar-refractivity contribution >= 4 is 22.4 Å². The number of amides is 1. The van der Waals surface area contributed by atoms with E-state index >= 15 is 0 Å². The summed E-state index contributed by atoms with van der Waals surface area (Å²) in [4.78, 5) is 12.3. The Morgan fingerprint density at radius 3 is 2.75 bits per heavy atom. The summed E-state index contributed by atoms with van der Waals surface area (Å²) in [5.74, 6) is 0.766. The van der Waals surface area contributed by atoms with Crippen LogP contribution in [0, 0.1) is 6.92 Å². The Balaban J connectivity index is 1.39. The molecular weight excluding hydrogens is 354 g/mol. The van der Waals surface area contributed by atoms with Gasteiger partial charge in [-0.3, -0.25) is 9.48 Å². The van der Waals surface area contributed by atoms with Crippen LogP contribution in [0.1, 0.15) is 24.9 Å². The van der Waals surface area contributed by atoms with Gasteiger partial charge in [0.2, 0.25) is 11.8 Å². The highest BCUT2D eigenvalue weighted by Gasteiger charge is 2.15. The summed E-state index contributed by atoms with van der Waals surface area (Å²) in [6.45, 7) is 4.64. The maximum Gasteiger partial charge on any atom is 0.265 e. The van der Waals surface area contributed by atoms with Crippen LogP contribution in [0.2, 0.25) is 0 Å². The van der Waals surface area contributed by atoms with Gasteiger partial charge in [0.05, 0.1) is 5.69 Å². The predicted molar refractivity (Wildman–Crippen MR) is 107 cm³/mol. The molecular formula is C21H21N5O2. The highest BCUT2D eigenvalue weighted by Crippen LogP contribution is 2.21. The number of fused-ring (bicyclic) bond motifs is 1. The van der Waals surface area contributed by atoms with E-state index in [1.165, 1.54) is 0 Å². The minimum Gasteiger partial charge on any atom is -0.419 e. The van der Waals surface area contributed by atoms with Crippen LogP contribution in [0.25, 0.3) is 22.4 Å². The minimum atomic E-state index is -0.0931. The molecule has 1 N–H and O–H groups in total. The maximum absolute atomic E-state index is 12.3. The van der Waals surface area contributed by atoms with E-state index in [4.69, 9.17) is 4.42 Å². The molecule has 7 nitrogen and oxygen atoms in total. The quantitative estimate of drug-likeness (QED) is 0.551. The predicted octanol–water partition coefficient (Wildman–Crippen LogP) is 3.99. The second kappa shape index (κ2) is 7.64. The number of anilines is 1. The first-order valence-corrected chi connectivity index (χ1v) is 9.28. The molecule has 0 unspecified atom stereocenters. The topological polar surface area (TPSA) is 85.8 Å². The van der Waals surface area contributed by atoms with Gasteiger partial charge in [0.25, 0.3) is 5.89 Å². The maximum atomic E-state index is 12.3. The SMILES string of the molecule is CCn1nc(C)cc1-c1nnc(CCC(=O)Nc2ccc3ccccc3c2)o1. The second-order valence-electron chi connectivity index (χ2n) is 6.60. The molecule has 2 heterocycles. The Morgan fingerprint density at radius 1 is 1.11 bits per heavy atom. The molecule has 0 radical (unpaired) electrons. The van der Waals surface area contributed by atoms with Gasteiger partial charge >= 0.3 is 0 Å². The molecule has 1 amide bonds. The fourth-order valence-corrected chi connectivity index (χ4v) is 3.13. The molecule has 0 bridgehead atoms. The Hall–Kier alpha value is -3.48. The summed E-state index contributed by atoms with van der Waals surface area (Å²) in [6.07, 6.45) is 0.645. The van der Waals surface area contributed by atoms with Crippen molar-refractivity contribution in [3.8, 4) is 11.6 Å². The molecule has 4 rings (SSSR count). The van der Waals surface area contributed by atoms with Crippen molar-refractivity contribution in [3.05, 3.63) is 60.1 Å². The molecule has 0 aliphatic heterocycles. The van der Waals surface area contributed by atoms with Gasteiger partial charge in [-0.05, 0) is 42.8 Å². The zero-order valence-electron chi connectivity index (χ0n) is 15.8. The van der Waals surface area contributed by atoms with E-state index in [2.05, 4.69) is 20.6 Å². The van der Waals surface area contributed by atoms with Crippen molar-refractivity contribution in [1.82, 2.24) is 20.0 Å². The first-order chi connectivity index (χ1) is 13.6. The highest BCUT2D eigenvalue weighted by molar-refractivity contribution is 5.94. The smallest absolute Gasteiger partial charge is 0.265 e. The lowest BCUT2D eigenvalue weighted by Gasteiger charge is -2.06. The number of hydrogen-bond acceptors (Lipinski definition) is 5. The van der Waals surface area contributed by atoms with Crippen LogP contribution < -0.4 is 5.32 Å². The number of carbonyl (C=O) groups excluding carboxylic acids is 1. The zero-order valence-corrected chi connectivity index (χ0v) is 15.8. The molecule has 28 heavy (non-hydrogen) atoms. The van der Waals surface area contributed by atoms with Crippen LogP contribution in [0.4, 0.5) is 5.69 Å². The molecule has 0 fully saturated rings. The molecule has 2 aromatic carbocycles. The Bertz CT molecular complexity index is 1130. The van der Waals surface area contributed by atoms with E-state index in [1.807, 2.05) is 67.1 Å². The second-order valence-corrected chi connectivity index (χ2v) is 6.60. The molecule has 2 aromatic heterocycles. The fourth-order valence-electron chi connectivity index (χ4n) is 3.13. The number of benzene rings is 2. The molecule has 0 saturated carbocycles.